The molecule has 0 unspecified atom stereocenters. The Balaban J connectivity index is 1.99. The summed E-state index contributed by atoms with van der Waals surface area (Å²) < 4.78 is 28.9. The van der Waals surface area contributed by atoms with E-state index in [2.05, 4.69) is 4.98 Å². The molecule has 0 atom stereocenters. The number of ether oxygens (including phenoxy) is 1. The molecular formula is C16H16N2O5S. The van der Waals surface area contributed by atoms with Crippen molar-refractivity contribution in [1.29, 1.82) is 0 Å². The lowest BCUT2D eigenvalue weighted by molar-refractivity contribution is 0.0469. The third kappa shape index (κ3) is 4.39. The molecule has 0 N–H and O–H groups in total. The summed E-state index contributed by atoms with van der Waals surface area (Å²) >= 11 is 0. The van der Waals surface area contributed by atoms with Crippen molar-refractivity contribution in [1.82, 2.24) is 4.98 Å². The second-order valence-electron chi connectivity index (χ2n) is 4.99. The normalized spacial score (nSPS) is 10.9. The first-order chi connectivity index (χ1) is 11.3. The number of aromatic nitrogens is 1. The van der Waals surface area contributed by atoms with E-state index in [1.54, 1.807) is 12.1 Å². The Bertz CT molecular complexity index is 833. The highest BCUT2D eigenvalue weighted by Gasteiger charge is 2.15. The SMILES string of the molecule is CN(c1ccc(C(=O)COC(=O)c2ccccn2)cc1)S(C)(=O)=O. The first-order valence-corrected chi connectivity index (χ1v) is 8.79. The zero-order valence-corrected chi connectivity index (χ0v) is 14.0. The molecule has 0 radical (unpaired) electrons. The van der Waals surface area contributed by atoms with Crippen LogP contribution in [0.3, 0.4) is 0 Å². The van der Waals surface area contributed by atoms with Crippen molar-refractivity contribution in [2.45, 2.75) is 0 Å². The number of Topliss-reactive ketones (excluding diaryl/α,β-unsaturated/α-hetero) is 1. The molecule has 0 amide bonds. The van der Waals surface area contributed by atoms with E-state index in [-0.39, 0.29) is 5.69 Å². The van der Waals surface area contributed by atoms with Crippen molar-refractivity contribution in [2.24, 2.45) is 0 Å². The topological polar surface area (TPSA) is 93.6 Å². The number of nitrogens with zero attached hydrogens (tertiary/aromatic N) is 2. The van der Waals surface area contributed by atoms with Crippen molar-refractivity contribution in [3.05, 3.63) is 59.9 Å². The van der Waals surface area contributed by atoms with E-state index in [1.807, 2.05) is 0 Å². The van der Waals surface area contributed by atoms with Crippen LogP contribution < -0.4 is 4.31 Å². The maximum atomic E-state index is 12.0. The average Bonchev–Trinajstić information content (AvgIpc) is 2.58. The minimum absolute atomic E-state index is 0.121. The fourth-order valence-corrected chi connectivity index (χ4v) is 2.33. The lowest BCUT2D eigenvalue weighted by Crippen LogP contribution is -2.24. The van der Waals surface area contributed by atoms with Crippen molar-refractivity contribution in [3.8, 4) is 0 Å². The van der Waals surface area contributed by atoms with E-state index in [4.69, 9.17) is 4.74 Å². The monoisotopic (exact) mass is 348 g/mol. The minimum Gasteiger partial charge on any atom is -0.453 e. The van der Waals surface area contributed by atoms with Crippen LogP contribution in [0.25, 0.3) is 0 Å². The zero-order chi connectivity index (χ0) is 17.7. The number of anilines is 1. The fraction of sp³-hybridized carbons (Fsp3) is 0.188. The highest BCUT2D eigenvalue weighted by Crippen LogP contribution is 2.16. The van der Waals surface area contributed by atoms with Crippen LogP contribution in [-0.2, 0) is 14.8 Å². The predicted octanol–water partition coefficient (Wildman–Crippen LogP) is 1.52. The number of benzene rings is 1. The van der Waals surface area contributed by atoms with Gasteiger partial charge in [-0.2, -0.15) is 0 Å². The average molecular weight is 348 g/mol. The lowest BCUT2D eigenvalue weighted by atomic mass is 10.1. The van der Waals surface area contributed by atoms with Crippen LogP contribution >= 0.6 is 0 Å². The number of carbonyl (C=O) groups excluding carboxylic acids is 2. The highest BCUT2D eigenvalue weighted by atomic mass is 32.2. The van der Waals surface area contributed by atoms with E-state index in [1.165, 1.54) is 43.6 Å². The maximum absolute atomic E-state index is 12.0. The molecule has 0 fully saturated rings. The van der Waals surface area contributed by atoms with E-state index < -0.39 is 28.4 Å². The second kappa shape index (κ2) is 7.22. The molecular weight excluding hydrogens is 332 g/mol. The second-order valence-corrected chi connectivity index (χ2v) is 7.01. The molecule has 24 heavy (non-hydrogen) atoms. The predicted molar refractivity (Wildman–Crippen MR) is 88.5 cm³/mol. The summed E-state index contributed by atoms with van der Waals surface area (Å²) in [6.07, 6.45) is 2.54. The first-order valence-electron chi connectivity index (χ1n) is 6.94. The third-order valence-electron chi connectivity index (χ3n) is 3.26. The van der Waals surface area contributed by atoms with Gasteiger partial charge in [0.15, 0.2) is 12.4 Å². The number of carbonyl (C=O) groups is 2. The molecule has 8 heteroatoms. The molecule has 2 aromatic rings. The van der Waals surface area contributed by atoms with Gasteiger partial charge in [0.25, 0.3) is 0 Å². The molecule has 0 bridgehead atoms. The number of esters is 1. The summed E-state index contributed by atoms with van der Waals surface area (Å²) in [7, 11) is -1.95. The van der Waals surface area contributed by atoms with E-state index >= 15 is 0 Å². The number of hydrogen-bond donors (Lipinski definition) is 0. The van der Waals surface area contributed by atoms with Crippen LogP contribution in [0.5, 0.6) is 0 Å². The molecule has 7 nitrogen and oxygen atoms in total. The first kappa shape index (κ1) is 17.6. The smallest absolute Gasteiger partial charge is 0.357 e. The van der Waals surface area contributed by atoms with Crippen molar-refractivity contribution in [3.63, 3.8) is 0 Å². The minimum atomic E-state index is -3.37. The van der Waals surface area contributed by atoms with Crippen molar-refractivity contribution >= 4 is 27.5 Å². The Morgan fingerprint density at radius 2 is 1.79 bits per heavy atom. The van der Waals surface area contributed by atoms with Gasteiger partial charge in [-0.05, 0) is 36.4 Å². The van der Waals surface area contributed by atoms with Crippen molar-refractivity contribution < 1.29 is 22.7 Å². The summed E-state index contributed by atoms with van der Waals surface area (Å²) in [6, 6.07) is 10.8. The van der Waals surface area contributed by atoms with E-state index in [0.717, 1.165) is 10.6 Å². The van der Waals surface area contributed by atoms with Crippen LogP contribution in [0.15, 0.2) is 48.7 Å². The lowest BCUT2D eigenvalue weighted by Gasteiger charge is -2.16. The van der Waals surface area contributed by atoms with Gasteiger partial charge in [0.05, 0.1) is 11.9 Å². The number of sulfonamides is 1. The van der Waals surface area contributed by atoms with Gasteiger partial charge in [-0.15, -0.1) is 0 Å². The Hall–Kier alpha value is -2.74. The van der Waals surface area contributed by atoms with Gasteiger partial charge in [-0.25, -0.2) is 18.2 Å². The van der Waals surface area contributed by atoms with Gasteiger partial charge in [-0.1, -0.05) is 6.07 Å². The van der Waals surface area contributed by atoms with Crippen LogP contribution in [0, 0.1) is 0 Å². The molecule has 0 aliphatic carbocycles. The number of rotatable bonds is 6. The Kier molecular flexibility index (Phi) is 5.30. The van der Waals surface area contributed by atoms with Crippen LogP contribution in [-0.4, -0.2) is 45.1 Å². The Labute approximate surface area is 139 Å². The maximum Gasteiger partial charge on any atom is 0.357 e. The van der Waals surface area contributed by atoms with Gasteiger partial charge in [0, 0.05) is 18.8 Å². The molecule has 0 aliphatic rings. The van der Waals surface area contributed by atoms with Gasteiger partial charge in [-0.3, -0.25) is 9.10 Å². The molecule has 2 rings (SSSR count). The third-order valence-corrected chi connectivity index (χ3v) is 4.46. The quantitative estimate of drug-likeness (QED) is 0.580. The van der Waals surface area contributed by atoms with Crippen LogP contribution in [0.4, 0.5) is 5.69 Å². The van der Waals surface area contributed by atoms with Gasteiger partial charge < -0.3 is 4.74 Å². The van der Waals surface area contributed by atoms with E-state index in [9.17, 15) is 18.0 Å². The van der Waals surface area contributed by atoms with Gasteiger partial charge in [0.1, 0.15) is 5.69 Å². The largest absolute Gasteiger partial charge is 0.453 e. The van der Waals surface area contributed by atoms with Gasteiger partial charge >= 0.3 is 5.97 Å². The molecule has 0 aliphatic heterocycles. The van der Waals surface area contributed by atoms with Crippen molar-refractivity contribution in [2.75, 3.05) is 24.2 Å². The molecule has 0 spiro atoms. The molecule has 1 aromatic carbocycles. The molecule has 0 saturated carbocycles. The Morgan fingerprint density at radius 1 is 1.12 bits per heavy atom. The summed E-state index contributed by atoms with van der Waals surface area (Å²) in [4.78, 5) is 27.6. The number of pyridine rings is 1. The summed E-state index contributed by atoms with van der Waals surface area (Å²) in [5.74, 6) is -1.08. The fourth-order valence-electron chi connectivity index (χ4n) is 1.82. The van der Waals surface area contributed by atoms with Crippen LogP contribution in [0.1, 0.15) is 20.8 Å². The number of ketones is 1. The standard InChI is InChI=1S/C16H16N2O5S/c1-18(24(2,21)22)13-8-6-12(7-9-13)15(19)11-23-16(20)14-5-3-4-10-17-14/h3-10H,11H2,1-2H3. The molecule has 0 saturated heterocycles. The summed E-state index contributed by atoms with van der Waals surface area (Å²) in [6.45, 7) is -0.420. The summed E-state index contributed by atoms with van der Waals surface area (Å²) in [5, 5.41) is 0. The van der Waals surface area contributed by atoms with E-state index in [0.29, 0.717) is 11.3 Å². The van der Waals surface area contributed by atoms with Crippen LogP contribution in [0.2, 0.25) is 0 Å². The molecule has 1 heterocycles. The molecule has 126 valence electrons. The van der Waals surface area contributed by atoms with Gasteiger partial charge in [0.2, 0.25) is 10.0 Å². The zero-order valence-electron chi connectivity index (χ0n) is 13.2. The molecule has 1 aromatic heterocycles. The number of hydrogen-bond acceptors (Lipinski definition) is 6. The summed E-state index contributed by atoms with van der Waals surface area (Å²) in [5.41, 5.74) is 0.865. The highest BCUT2D eigenvalue weighted by molar-refractivity contribution is 7.92. The Morgan fingerprint density at radius 3 is 2.33 bits per heavy atom.